The molecule has 0 saturated heterocycles. The molecule has 6 nitrogen and oxygen atoms in total. The molecule has 9 heteroatoms. The molecule has 0 fully saturated rings. The van der Waals surface area contributed by atoms with E-state index in [0.29, 0.717) is 22.6 Å². The van der Waals surface area contributed by atoms with Crippen molar-refractivity contribution in [3.05, 3.63) is 58.9 Å². The number of aryl methyl sites for hydroxylation is 1. The minimum Gasteiger partial charge on any atom is -0.496 e. The van der Waals surface area contributed by atoms with Crippen molar-refractivity contribution in [1.82, 2.24) is 15.0 Å². The number of hydrogen-bond acceptors (Lipinski definition) is 6. The monoisotopic (exact) mass is 399 g/mol. The first-order chi connectivity index (χ1) is 13.7. The van der Waals surface area contributed by atoms with Gasteiger partial charge in [-0.3, -0.25) is 0 Å². The lowest BCUT2D eigenvalue weighted by molar-refractivity contribution is -0.138. The molecule has 3 aromatic rings. The van der Waals surface area contributed by atoms with Crippen LogP contribution in [0.15, 0.2) is 36.5 Å². The first kappa shape index (κ1) is 19.9. The van der Waals surface area contributed by atoms with E-state index in [4.69, 9.17) is 16.2 Å². The molecule has 148 valence electrons. The number of anilines is 2. The van der Waals surface area contributed by atoms with Crippen molar-refractivity contribution < 1.29 is 17.9 Å². The zero-order valence-electron chi connectivity index (χ0n) is 15.5. The highest BCUT2D eigenvalue weighted by Gasteiger charge is 2.35. The first-order valence-corrected chi connectivity index (χ1v) is 8.32. The number of nitrogens with zero attached hydrogens (tertiary/aromatic N) is 3. The van der Waals surface area contributed by atoms with Crippen LogP contribution in [0, 0.1) is 18.8 Å². The SMILES string of the molecule is COc1ccc(-c2nc(N)nc(C)c2C#Cc2ccc(N)nc2)cc1C(F)(F)F. The number of rotatable bonds is 2. The van der Waals surface area contributed by atoms with Crippen LogP contribution in [-0.4, -0.2) is 22.1 Å². The third-order valence-corrected chi connectivity index (χ3v) is 4.00. The summed E-state index contributed by atoms with van der Waals surface area (Å²) >= 11 is 0. The van der Waals surface area contributed by atoms with E-state index in [0.717, 1.165) is 6.07 Å². The van der Waals surface area contributed by atoms with Crippen molar-refractivity contribution in [2.24, 2.45) is 0 Å². The van der Waals surface area contributed by atoms with Gasteiger partial charge >= 0.3 is 6.18 Å². The van der Waals surface area contributed by atoms with Crippen molar-refractivity contribution in [2.75, 3.05) is 18.6 Å². The molecule has 29 heavy (non-hydrogen) atoms. The van der Waals surface area contributed by atoms with Gasteiger partial charge in [-0.05, 0) is 37.3 Å². The number of nitrogens with two attached hydrogens (primary N) is 2. The van der Waals surface area contributed by atoms with Crippen LogP contribution in [-0.2, 0) is 6.18 Å². The van der Waals surface area contributed by atoms with E-state index in [-0.39, 0.29) is 23.0 Å². The average molecular weight is 399 g/mol. The van der Waals surface area contributed by atoms with Gasteiger partial charge in [-0.15, -0.1) is 0 Å². The highest BCUT2D eigenvalue weighted by Crippen LogP contribution is 2.39. The predicted molar refractivity (Wildman–Crippen MR) is 103 cm³/mol. The van der Waals surface area contributed by atoms with Crippen molar-refractivity contribution in [2.45, 2.75) is 13.1 Å². The number of hydrogen-bond donors (Lipinski definition) is 2. The maximum Gasteiger partial charge on any atom is 0.419 e. The van der Waals surface area contributed by atoms with Gasteiger partial charge in [-0.1, -0.05) is 11.8 Å². The summed E-state index contributed by atoms with van der Waals surface area (Å²) in [6, 6.07) is 6.92. The molecule has 0 radical (unpaired) electrons. The third kappa shape index (κ3) is 4.38. The number of benzene rings is 1. The molecule has 0 atom stereocenters. The van der Waals surface area contributed by atoms with Gasteiger partial charge in [0.1, 0.15) is 11.6 Å². The summed E-state index contributed by atoms with van der Waals surface area (Å²) < 4.78 is 45.1. The molecule has 2 aromatic heterocycles. The molecule has 0 spiro atoms. The topological polar surface area (TPSA) is 99.9 Å². The molecular weight excluding hydrogens is 383 g/mol. The molecule has 0 saturated carbocycles. The zero-order chi connectivity index (χ0) is 21.2. The first-order valence-electron chi connectivity index (χ1n) is 8.32. The summed E-state index contributed by atoms with van der Waals surface area (Å²) in [5.41, 5.74) is 12.1. The van der Waals surface area contributed by atoms with Gasteiger partial charge in [0.05, 0.1) is 29.6 Å². The van der Waals surface area contributed by atoms with Gasteiger partial charge in [0, 0.05) is 17.3 Å². The van der Waals surface area contributed by atoms with Crippen LogP contribution in [0.25, 0.3) is 11.3 Å². The van der Waals surface area contributed by atoms with Crippen LogP contribution in [0.3, 0.4) is 0 Å². The molecule has 3 rings (SSSR count). The fourth-order valence-corrected chi connectivity index (χ4v) is 2.64. The summed E-state index contributed by atoms with van der Waals surface area (Å²) in [4.78, 5) is 12.2. The highest BCUT2D eigenvalue weighted by molar-refractivity contribution is 5.71. The quantitative estimate of drug-likeness (QED) is 0.641. The van der Waals surface area contributed by atoms with Gasteiger partial charge in [0.15, 0.2) is 0 Å². The maximum absolute atomic E-state index is 13.4. The van der Waals surface area contributed by atoms with Gasteiger partial charge in [0.25, 0.3) is 0 Å². The summed E-state index contributed by atoms with van der Waals surface area (Å²) in [5.74, 6) is 5.79. The van der Waals surface area contributed by atoms with Gasteiger partial charge in [0.2, 0.25) is 5.95 Å². The van der Waals surface area contributed by atoms with E-state index in [1.807, 2.05) is 0 Å². The second-order valence-corrected chi connectivity index (χ2v) is 6.03. The largest absolute Gasteiger partial charge is 0.496 e. The minimum atomic E-state index is -4.60. The number of alkyl halides is 3. The number of methoxy groups -OCH3 is 1. The molecule has 2 heterocycles. The average Bonchev–Trinajstić information content (AvgIpc) is 2.67. The van der Waals surface area contributed by atoms with Crippen LogP contribution in [0.5, 0.6) is 5.75 Å². The van der Waals surface area contributed by atoms with Gasteiger partial charge in [-0.2, -0.15) is 13.2 Å². The summed E-state index contributed by atoms with van der Waals surface area (Å²) in [6.07, 6.45) is -3.11. The number of halogens is 3. The Hall–Kier alpha value is -3.80. The summed E-state index contributed by atoms with van der Waals surface area (Å²) in [7, 11) is 1.18. The van der Waals surface area contributed by atoms with E-state index in [1.54, 1.807) is 19.1 Å². The van der Waals surface area contributed by atoms with Crippen LogP contribution < -0.4 is 16.2 Å². The van der Waals surface area contributed by atoms with Crippen LogP contribution in [0.4, 0.5) is 24.9 Å². The lowest BCUT2D eigenvalue weighted by atomic mass is 10.0. The van der Waals surface area contributed by atoms with Crippen molar-refractivity contribution >= 4 is 11.8 Å². The maximum atomic E-state index is 13.4. The lowest BCUT2D eigenvalue weighted by Gasteiger charge is -2.14. The van der Waals surface area contributed by atoms with Crippen molar-refractivity contribution in [3.8, 4) is 28.8 Å². The summed E-state index contributed by atoms with van der Waals surface area (Å²) in [6.45, 7) is 1.65. The summed E-state index contributed by atoms with van der Waals surface area (Å²) in [5, 5.41) is 0. The Morgan fingerprint density at radius 1 is 1.03 bits per heavy atom. The van der Waals surface area contributed by atoms with E-state index in [9.17, 15) is 13.2 Å². The van der Waals surface area contributed by atoms with Crippen LogP contribution in [0.1, 0.15) is 22.4 Å². The molecule has 0 bridgehead atoms. The van der Waals surface area contributed by atoms with E-state index in [2.05, 4.69) is 26.8 Å². The van der Waals surface area contributed by atoms with E-state index in [1.165, 1.54) is 25.4 Å². The Morgan fingerprint density at radius 2 is 1.79 bits per heavy atom. The Bertz CT molecular complexity index is 1120. The standard InChI is InChI=1S/C20H16F3N5O/c1-11-14(6-3-12-4-8-17(24)26-10-12)18(28-19(25)27-11)13-5-7-16(29-2)15(9-13)20(21,22)23/h4-5,7-10H,1-2H3,(H2,24,26)(H2,25,27,28). The van der Waals surface area contributed by atoms with Crippen LogP contribution in [0.2, 0.25) is 0 Å². The molecule has 0 unspecified atom stereocenters. The fourth-order valence-electron chi connectivity index (χ4n) is 2.64. The lowest BCUT2D eigenvalue weighted by Crippen LogP contribution is -2.08. The minimum absolute atomic E-state index is 0.0680. The molecule has 0 aliphatic rings. The number of nitrogen functional groups attached to an aromatic ring is 2. The molecule has 0 amide bonds. The molecule has 4 N–H and O–H groups in total. The normalized spacial score (nSPS) is 10.9. The second-order valence-electron chi connectivity index (χ2n) is 6.03. The molecular formula is C20H16F3N5O. The second kappa shape index (κ2) is 7.67. The molecule has 0 aliphatic heterocycles. The Morgan fingerprint density at radius 3 is 2.41 bits per heavy atom. The van der Waals surface area contributed by atoms with Crippen molar-refractivity contribution in [3.63, 3.8) is 0 Å². The van der Waals surface area contributed by atoms with Crippen LogP contribution >= 0.6 is 0 Å². The zero-order valence-corrected chi connectivity index (χ0v) is 15.5. The number of ether oxygens (including phenoxy) is 1. The molecule has 1 aromatic carbocycles. The van der Waals surface area contributed by atoms with Gasteiger partial charge < -0.3 is 16.2 Å². The number of pyridine rings is 1. The Kier molecular flexibility index (Phi) is 5.28. The third-order valence-electron chi connectivity index (χ3n) is 4.00. The van der Waals surface area contributed by atoms with Crippen molar-refractivity contribution in [1.29, 1.82) is 0 Å². The highest BCUT2D eigenvalue weighted by atomic mass is 19.4. The Labute approximate surface area is 164 Å². The Balaban J connectivity index is 2.17. The smallest absolute Gasteiger partial charge is 0.419 e. The fraction of sp³-hybridized carbons (Fsp3) is 0.150. The molecule has 0 aliphatic carbocycles. The van der Waals surface area contributed by atoms with E-state index < -0.39 is 11.7 Å². The number of aromatic nitrogens is 3. The van der Waals surface area contributed by atoms with E-state index >= 15 is 0 Å². The predicted octanol–water partition coefficient (Wildman–Crippen LogP) is 3.44. The van der Waals surface area contributed by atoms with Gasteiger partial charge in [-0.25, -0.2) is 15.0 Å².